The van der Waals surface area contributed by atoms with Crippen LogP contribution >= 0.6 is 35.0 Å². The van der Waals surface area contributed by atoms with Crippen molar-refractivity contribution in [2.24, 2.45) is 0 Å². The Morgan fingerprint density at radius 1 is 1.08 bits per heavy atom. The minimum atomic E-state index is -0.327. The molecule has 1 heterocycles. The normalized spacial score (nSPS) is 13.3. The third-order valence-corrected chi connectivity index (χ3v) is 4.87. The SMILES string of the molecule is CSc1ccc(Cl)c(C(=O)Nc2cc3c(cc2Cl)OCCCO3)c1. The standard InChI is InChI=1S/C17H15Cl2NO3S/c1-24-10-3-4-12(18)11(7-10)17(21)20-14-9-16-15(8-13(14)19)22-5-2-6-23-16/h3-4,7-9H,2,5-6H2,1H3,(H,20,21). The summed E-state index contributed by atoms with van der Waals surface area (Å²) in [5.41, 5.74) is 0.850. The summed E-state index contributed by atoms with van der Waals surface area (Å²) >= 11 is 13.9. The molecule has 0 aromatic heterocycles. The molecule has 1 aliphatic heterocycles. The molecule has 24 heavy (non-hydrogen) atoms. The number of rotatable bonds is 3. The molecule has 1 aliphatic rings. The van der Waals surface area contributed by atoms with E-state index in [1.165, 1.54) is 11.8 Å². The monoisotopic (exact) mass is 383 g/mol. The maximum absolute atomic E-state index is 12.6. The largest absolute Gasteiger partial charge is 0.490 e. The van der Waals surface area contributed by atoms with Crippen LogP contribution in [0.15, 0.2) is 35.2 Å². The molecule has 0 spiro atoms. The summed E-state index contributed by atoms with van der Waals surface area (Å²) in [6, 6.07) is 8.65. The number of fused-ring (bicyclic) bond motifs is 1. The molecule has 3 rings (SSSR count). The van der Waals surface area contributed by atoms with Gasteiger partial charge in [-0.1, -0.05) is 23.2 Å². The maximum Gasteiger partial charge on any atom is 0.257 e. The van der Waals surface area contributed by atoms with Gasteiger partial charge in [0.15, 0.2) is 11.5 Å². The molecule has 0 radical (unpaired) electrons. The molecule has 0 unspecified atom stereocenters. The van der Waals surface area contributed by atoms with Gasteiger partial charge < -0.3 is 14.8 Å². The fourth-order valence-corrected chi connectivity index (χ4v) is 3.12. The highest BCUT2D eigenvalue weighted by molar-refractivity contribution is 7.98. The van der Waals surface area contributed by atoms with Crippen molar-refractivity contribution in [3.8, 4) is 11.5 Å². The zero-order valence-corrected chi connectivity index (χ0v) is 15.2. The Kier molecular flexibility index (Phi) is 5.43. The van der Waals surface area contributed by atoms with Crippen LogP contribution < -0.4 is 14.8 Å². The second-order valence-electron chi connectivity index (χ2n) is 5.13. The molecule has 0 aliphatic carbocycles. The first-order valence-corrected chi connectivity index (χ1v) is 9.30. The van der Waals surface area contributed by atoms with Crippen molar-refractivity contribution in [3.05, 3.63) is 45.9 Å². The van der Waals surface area contributed by atoms with Crippen molar-refractivity contribution in [1.29, 1.82) is 0 Å². The van der Waals surface area contributed by atoms with E-state index in [4.69, 9.17) is 32.7 Å². The number of hydrogen-bond acceptors (Lipinski definition) is 4. The number of ether oxygens (including phenoxy) is 2. The van der Waals surface area contributed by atoms with Gasteiger partial charge in [-0.2, -0.15) is 0 Å². The minimum Gasteiger partial charge on any atom is -0.490 e. The third kappa shape index (κ3) is 3.74. The highest BCUT2D eigenvalue weighted by atomic mass is 35.5. The molecule has 4 nitrogen and oxygen atoms in total. The van der Waals surface area contributed by atoms with E-state index in [0.717, 1.165) is 11.3 Å². The van der Waals surface area contributed by atoms with Crippen LogP contribution in [-0.2, 0) is 0 Å². The number of halogens is 2. The van der Waals surface area contributed by atoms with Gasteiger partial charge in [-0.25, -0.2) is 0 Å². The second kappa shape index (κ2) is 7.55. The molecular weight excluding hydrogens is 369 g/mol. The van der Waals surface area contributed by atoms with Crippen molar-refractivity contribution in [2.45, 2.75) is 11.3 Å². The van der Waals surface area contributed by atoms with Crippen molar-refractivity contribution in [3.63, 3.8) is 0 Å². The fraction of sp³-hybridized carbons (Fsp3) is 0.235. The smallest absolute Gasteiger partial charge is 0.257 e. The van der Waals surface area contributed by atoms with Crippen LogP contribution in [0.4, 0.5) is 5.69 Å². The summed E-state index contributed by atoms with van der Waals surface area (Å²) in [5, 5.41) is 3.55. The third-order valence-electron chi connectivity index (χ3n) is 3.50. The van der Waals surface area contributed by atoms with Crippen molar-refractivity contribution >= 4 is 46.6 Å². The summed E-state index contributed by atoms with van der Waals surface area (Å²) in [6.45, 7) is 1.13. The Morgan fingerprint density at radius 3 is 2.50 bits per heavy atom. The molecule has 0 atom stereocenters. The summed E-state index contributed by atoms with van der Waals surface area (Å²) in [6.07, 6.45) is 2.73. The van der Waals surface area contributed by atoms with Crippen LogP contribution in [0.3, 0.4) is 0 Å². The lowest BCUT2D eigenvalue weighted by Crippen LogP contribution is -2.13. The fourth-order valence-electron chi connectivity index (χ4n) is 2.27. The lowest BCUT2D eigenvalue weighted by molar-refractivity contribution is 0.102. The van der Waals surface area contributed by atoms with E-state index in [1.807, 2.05) is 12.3 Å². The number of amides is 1. The lowest BCUT2D eigenvalue weighted by atomic mass is 10.2. The van der Waals surface area contributed by atoms with E-state index in [-0.39, 0.29) is 5.91 Å². The van der Waals surface area contributed by atoms with Crippen molar-refractivity contribution in [1.82, 2.24) is 0 Å². The molecular formula is C17H15Cl2NO3S. The Bertz CT molecular complexity index is 783. The van der Waals surface area contributed by atoms with Crippen LogP contribution in [0, 0.1) is 0 Å². The second-order valence-corrected chi connectivity index (χ2v) is 6.82. The molecule has 0 saturated carbocycles. The molecule has 0 saturated heterocycles. The number of carbonyl (C=O) groups excluding carboxylic acids is 1. The maximum atomic E-state index is 12.6. The summed E-state index contributed by atoms with van der Waals surface area (Å²) in [4.78, 5) is 13.5. The number of nitrogens with one attached hydrogen (secondary N) is 1. The lowest BCUT2D eigenvalue weighted by Gasteiger charge is -2.13. The Labute approximate surface area is 154 Å². The summed E-state index contributed by atoms with van der Waals surface area (Å²) in [5.74, 6) is 0.821. The Balaban J connectivity index is 1.88. The van der Waals surface area contributed by atoms with Gasteiger partial charge in [0, 0.05) is 23.4 Å². The average Bonchev–Trinajstić information content (AvgIpc) is 2.80. The predicted molar refractivity (Wildman–Crippen MR) is 98.2 cm³/mol. The predicted octanol–water partition coefficient (Wildman–Crippen LogP) is 5.13. The number of carbonyl (C=O) groups is 1. The first-order valence-electron chi connectivity index (χ1n) is 7.32. The first kappa shape index (κ1) is 17.3. The van der Waals surface area contributed by atoms with E-state index in [2.05, 4.69) is 5.32 Å². The molecule has 1 amide bonds. The molecule has 2 aromatic rings. The van der Waals surface area contributed by atoms with Gasteiger partial charge in [-0.05, 0) is 24.5 Å². The first-order chi connectivity index (χ1) is 11.6. The van der Waals surface area contributed by atoms with E-state index >= 15 is 0 Å². The Morgan fingerprint density at radius 2 is 1.79 bits per heavy atom. The number of hydrogen-bond donors (Lipinski definition) is 1. The summed E-state index contributed by atoms with van der Waals surface area (Å²) < 4.78 is 11.2. The van der Waals surface area contributed by atoms with Crippen LogP contribution in [0.5, 0.6) is 11.5 Å². The molecule has 0 fully saturated rings. The topological polar surface area (TPSA) is 47.6 Å². The van der Waals surface area contributed by atoms with E-state index in [0.29, 0.717) is 46.0 Å². The van der Waals surface area contributed by atoms with Gasteiger partial charge in [0.25, 0.3) is 5.91 Å². The Hall–Kier alpha value is -1.56. The zero-order valence-electron chi connectivity index (χ0n) is 12.9. The van der Waals surface area contributed by atoms with Gasteiger partial charge in [0.2, 0.25) is 0 Å². The number of anilines is 1. The number of thioether (sulfide) groups is 1. The van der Waals surface area contributed by atoms with Crippen molar-refractivity contribution < 1.29 is 14.3 Å². The number of benzene rings is 2. The van der Waals surface area contributed by atoms with E-state index in [1.54, 1.807) is 24.3 Å². The molecule has 126 valence electrons. The summed E-state index contributed by atoms with van der Waals surface area (Å²) in [7, 11) is 0. The van der Waals surface area contributed by atoms with Crippen LogP contribution in [0.25, 0.3) is 0 Å². The molecule has 2 aromatic carbocycles. The van der Waals surface area contributed by atoms with Gasteiger partial charge >= 0.3 is 0 Å². The minimum absolute atomic E-state index is 0.327. The molecule has 7 heteroatoms. The molecule has 0 bridgehead atoms. The van der Waals surface area contributed by atoms with Crippen LogP contribution in [-0.4, -0.2) is 25.4 Å². The zero-order chi connectivity index (χ0) is 17.1. The van der Waals surface area contributed by atoms with Gasteiger partial charge in [-0.15, -0.1) is 11.8 Å². The van der Waals surface area contributed by atoms with Crippen LogP contribution in [0.2, 0.25) is 10.0 Å². The van der Waals surface area contributed by atoms with Gasteiger partial charge in [0.05, 0.1) is 34.5 Å². The van der Waals surface area contributed by atoms with E-state index < -0.39 is 0 Å². The van der Waals surface area contributed by atoms with Crippen LogP contribution in [0.1, 0.15) is 16.8 Å². The van der Waals surface area contributed by atoms with Gasteiger partial charge in [0.1, 0.15) is 0 Å². The quantitative estimate of drug-likeness (QED) is 0.746. The highest BCUT2D eigenvalue weighted by Crippen LogP contribution is 2.38. The molecule has 1 N–H and O–H groups in total. The van der Waals surface area contributed by atoms with Gasteiger partial charge in [-0.3, -0.25) is 4.79 Å². The van der Waals surface area contributed by atoms with E-state index in [9.17, 15) is 4.79 Å². The van der Waals surface area contributed by atoms with Crippen molar-refractivity contribution in [2.75, 3.05) is 24.8 Å². The highest BCUT2D eigenvalue weighted by Gasteiger charge is 2.17. The average molecular weight is 384 g/mol.